The van der Waals surface area contributed by atoms with Gasteiger partial charge in [0.05, 0.1) is 22.4 Å². The average Bonchev–Trinajstić information content (AvgIpc) is 3.95. The number of aryl methyl sites for hydroxylation is 2. The van der Waals surface area contributed by atoms with Crippen LogP contribution in [0.5, 0.6) is 0 Å². The molecule has 5 heteroatoms. The summed E-state index contributed by atoms with van der Waals surface area (Å²) in [6, 6.07) is 55.5. The van der Waals surface area contributed by atoms with E-state index >= 15 is 0 Å². The van der Waals surface area contributed by atoms with Crippen LogP contribution in [0, 0.1) is 31.3 Å². The number of pyridine rings is 1. The van der Waals surface area contributed by atoms with Crippen molar-refractivity contribution in [3.8, 4) is 50.6 Å². The van der Waals surface area contributed by atoms with E-state index < -0.39 is 25.5 Å². The molecule has 0 fully saturated rings. The molecule has 0 aliphatic heterocycles. The Balaban J connectivity index is 0.000000256. The minimum atomic E-state index is -2.36. The van der Waals surface area contributed by atoms with E-state index in [4.69, 9.17) is 20.4 Å². The van der Waals surface area contributed by atoms with E-state index in [1.807, 2.05) is 63.2 Å². The van der Waals surface area contributed by atoms with Gasteiger partial charge in [-0.2, -0.15) is 0 Å². The molecule has 0 unspecified atom stereocenters. The molecule has 66 heavy (non-hydrogen) atoms. The van der Waals surface area contributed by atoms with Gasteiger partial charge in [-0.25, -0.2) is 0 Å². The van der Waals surface area contributed by atoms with E-state index in [2.05, 4.69) is 116 Å². The Bertz CT molecular complexity index is 3560. The van der Waals surface area contributed by atoms with Crippen molar-refractivity contribution in [3.63, 3.8) is 0 Å². The first-order chi connectivity index (χ1) is 34.5. The third-order valence-corrected chi connectivity index (χ3v) is 11.6. The minimum absolute atomic E-state index is 0. The second-order valence-electron chi connectivity index (χ2n) is 18.2. The monoisotopic (exact) mass is 1050 g/mol. The van der Waals surface area contributed by atoms with E-state index in [-0.39, 0.29) is 43.1 Å². The number of imidazole rings is 1. The third-order valence-electron chi connectivity index (χ3n) is 11.6. The number of rotatable bonds is 8. The Morgan fingerprint density at radius 3 is 2.03 bits per heavy atom. The average molecular weight is 1050 g/mol. The Hall–Kier alpha value is -6.39. The van der Waals surface area contributed by atoms with Crippen LogP contribution in [0.3, 0.4) is 0 Å². The molecule has 3 aromatic heterocycles. The van der Waals surface area contributed by atoms with Gasteiger partial charge in [0.15, 0.2) is 0 Å². The van der Waals surface area contributed by atoms with Crippen LogP contribution in [0.25, 0.3) is 83.6 Å². The molecule has 0 saturated heterocycles. The Kier molecular flexibility index (Phi) is 10.7. The first-order valence-corrected chi connectivity index (χ1v) is 22.2. The van der Waals surface area contributed by atoms with Crippen LogP contribution >= 0.6 is 0 Å². The molecule has 0 bridgehead atoms. The second kappa shape index (κ2) is 19.2. The van der Waals surface area contributed by atoms with Crippen LogP contribution < -0.4 is 0 Å². The van der Waals surface area contributed by atoms with Crippen LogP contribution in [-0.4, -0.2) is 14.5 Å². The summed E-state index contributed by atoms with van der Waals surface area (Å²) in [4.78, 5) is 9.50. The van der Waals surface area contributed by atoms with Crippen LogP contribution in [0.2, 0.25) is 0 Å². The summed E-state index contributed by atoms with van der Waals surface area (Å²) in [7, 11) is 0. The number of nitrogens with zero attached hydrogens (tertiary/aromatic N) is 3. The van der Waals surface area contributed by atoms with E-state index in [1.54, 1.807) is 36.4 Å². The molecular weight excluding hydrogens is 983 g/mol. The summed E-state index contributed by atoms with van der Waals surface area (Å²) >= 11 is 0. The predicted octanol–water partition coefficient (Wildman–Crippen LogP) is 16.7. The summed E-state index contributed by atoms with van der Waals surface area (Å²) in [5.41, 5.74) is 12.9. The van der Waals surface area contributed by atoms with Crippen molar-refractivity contribution >= 4 is 33.0 Å². The molecule has 0 N–H and O–H groups in total. The van der Waals surface area contributed by atoms with Gasteiger partial charge in [-0.15, -0.1) is 53.6 Å². The number of para-hydroxylation sites is 2. The molecule has 0 atom stereocenters. The molecule has 3 heterocycles. The standard InChI is InChI=1S/C44H37N2O.C17H20N.Ir/c1-27(2)37-25-33(32-23-21-31(22-24-32)30-14-7-6-8-15-30)26-38(28(3)4)42(37)46-41-29(5)13-11-19-39(41)45-44(46)36-18-12-17-35-34-16-9-10-20-40(34)47-43(35)36;1-13-5-8-15(9-6-13)16-10-7-14(12-18-16)11-17(2,3)4;/h6-17,19-28H,1-5H3;5-8,10,12H,11H2,1-4H3;/q2*-1;/i5D3;1D3,11D2;. The van der Waals surface area contributed by atoms with Crippen LogP contribution in [0.1, 0.15) is 99.1 Å². The summed E-state index contributed by atoms with van der Waals surface area (Å²) in [5, 5.41) is 1.98. The van der Waals surface area contributed by atoms with Crippen molar-refractivity contribution in [1.82, 2.24) is 14.5 Å². The molecule has 7 aromatic carbocycles. The zero-order valence-electron chi connectivity index (χ0n) is 46.2. The fourth-order valence-corrected chi connectivity index (χ4v) is 8.48. The van der Waals surface area contributed by atoms with Crippen LogP contribution in [0.4, 0.5) is 0 Å². The number of hydrogen-bond acceptors (Lipinski definition) is 3. The van der Waals surface area contributed by atoms with Crippen LogP contribution in [0.15, 0.2) is 162 Å². The van der Waals surface area contributed by atoms with Gasteiger partial charge in [0.2, 0.25) is 0 Å². The predicted molar refractivity (Wildman–Crippen MR) is 273 cm³/mol. The van der Waals surface area contributed by atoms with Crippen LogP contribution in [-0.2, 0) is 26.5 Å². The number of aromatic nitrogens is 3. The Morgan fingerprint density at radius 1 is 0.697 bits per heavy atom. The van der Waals surface area contributed by atoms with Gasteiger partial charge in [-0.3, -0.25) is 4.98 Å². The molecule has 0 saturated carbocycles. The van der Waals surface area contributed by atoms with Crippen molar-refractivity contribution < 1.29 is 35.5 Å². The van der Waals surface area contributed by atoms with E-state index in [0.717, 1.165) is 44.3 Å². The number of furan rings is 1. The van der Waals surface area contributed by atoms with Crippen molar-refractivity contribution in [2.45, 2.75) is 80.4 Å². The van der Waals surface area contributed by atoms with Gasteiger partial charge in [-0.05, 0) is 105 Å². The topological polar surface area (TPSA) is 43.9 Å². The fourth-order valence-electron chi connectivity index (χ4n) is 8.48. The molecule has 4 nitrogen and oxygen atoms in total. The first kappa shape index (κ1) is 36.8. The Morgan fingerprint density at radius 2 is 1.39 bits per heavy atom. The van der Waals surface area contributed by atoms with E-state index in [0.29, 0.717) is 44.8 Å². The van der Waals surface area contributed by atoms with Gasteiger partial charge in [0, 0.05) is 48.3 Å². The van der Waals surface area contributed by atoms with Gasteiger partial charge >= 0.3 is 0 Å². The molecule has 0 spiro atoms. The normalized spacial score (nSPS) is 14.0. The molecule has 1 radical (unpaired) electrons. The maximum absolute atomic E-state index is 8.60. The summed E-state index contributed by atoms with van der Waals surface area (Å²) in [6.07, 6.45) is 0.0411. The molecule has 10 aromatic rings. The van der Waals surface area contributed by atoms with Crippen molar-refractivity contribution in [3.05, 3.63) is 198 Å². The smallest absolute Gasteiger partial charge is 0.120 e. The zero-order valence-corrected chi connectivity index (χ0v) is 40.6. The number of hydrogen-bond donors (Lipinski definition) is 0. The van der Waals surface area contributed by atoms with Crippen molar-refractivity contribution in [2.75, 3.05) is 0 Å². The molecule has 0 amide bonds. The molecular formula is C61H57IrN3O-2. The fraction of sp³-hybridized carbons (Fsp3) is 0.213. The summed E-state index contributed by atoms with van der Waals surface area (Å²) in [6.45, 7) is 9.82. The number of fused-ring (bicyclic) bond motifs is 4. The zero-order chi connectivity index (χ0) is 52.2. The summed E-state index contributed by atoms with van der Waals surface area (Å²) < 4.78 is 73.0. The molecule has 0 aliphatic carbocycles. The summed E-state index contributed by atoms with van der Waals surface area (Å²) in [5.74, 6) is 0.828. The Labute approximate surface area is 415 Å². The molecule has 10 rings (SSSR count). The molecule has 0 aliphatic rings. The largest absolute Gasteiger partial charge is 0.501 e. The van der Waals surface area contributed by atoms with Gasteiger partial charge in [-0.1, -0.05) is 163 Å². The van der Waals surface area contributed by atoms with Crippen molar-refractivity contribution in [1.29, 1.82) is 0 Å². The number of benzene rings is 7. The van der Waals surface area contributed by atoms with Gasteiger partial charge < -0.3 is 14.0 Å². The maximum Gasteiger partial charge on any atom is 0.120 e. The van der Waals surface area contributed by atoms with Gasteiger partial charge in [0.25, 0.3) is 0 Å². The quantitative estimate of drug-likeness (QED) is 0.142. The van der Waals surface area contributed by atoms with Gasteiger partial charge in [0.1, 0.15) is 5.58 Å². The molecule has 333 valence electrons. The van der Waals surface area contributed by atoms with E-state index in [1.165, 1.54) is 23.4 Å². The third kappa shape index (κ3) is 9.47. The SMILES string of the molecule is [2H]C([2H])([2H])c1c[c-]c(-c2ccc(C([2H])([2H])C(C)(C)C)cn2)cc1.[2H]C([2H])([2H])c1cccc2nc(-c3[c-]ccc4c3oc3ccccc34)n(-c3c(C(C)C)cc(-c4ccc(-c5ccccc5)cc4)cc3C(C)C)c12.[Ir]. The maximum atomic E-state index is 8.60. The van der Waals surface area contributed by atoms with E-state index in [9.17, 15) is 0 Å². The second-order valence-corrected chi connectivity index (χ2v) is 18.2. The minimum Gasteiger partial charge on any atom is -0.501 e. The first-order valence-electron chi connectivity index (χ1n) is 26.2. The van der Waals surface area contributed by atoms with Crippen molar-refractivity contribution in [2.24, 2.45) is 5.41 Å².